The van der Waals surface area contributed by atoms with Gasteiger partial charge in [-0.05, 0) is 71.5 Å². The Morgan fingerprint density at radius 1 is 0.478 bits per heavy atom. The summed E-state index contributed by atoms with van der Waals surface area (Å²) >= 11 is 0. The van der Waals surface area contributed by atoms with E-state index >= 15 is 0 Å². The molecule has 1 aliphatic carbocycles. The topological polar surface area (TPSA) is 18.5 Å². The van der Waals surface area contributed by atoms with Crippen LogP contribution in [0.15, 0.2) is 127 Å². The second-order valence-corrected chi connectivity index (χ2v) is 10.9. The summed E-state index contributed by atoms with van der Waals surface area (Å²) in [6.45, 7) is 6.60. The maximum Gasteiger partial charge on any atom is 0.270 e. The van der Waals surface area contributed by atoms with E-state index in [4.69, 9.17) is 9.47 Å². The molecular weight excluding hydrogens is 588 g/mol. The van der Waals surface area contributed by atoms with E-state index in [0.29, 0.717) is 0 Å². The average molecular weight is 631 g/mol. The van der Waals surface area contributed by atoms with Crippen LogP contribution < -0.4 is 9.47 Å². The van der Waals surface area contributed by atoms with Crippen LogP contribution in [0.4, 0.5) is 17.6 Å². The van der Waals surface area contributed by atoms with Gasteiger partial charge in [-0.25, -0.2) is 17.6 Å². The van der Waals surface area contributed by atoms with Gasteiger partial charge in [-0.2, -0.15) is 0 Å². The average Bonchev–Trinajstić information content (AvgIpc) is 3.36. The van der Waals surface area contributed by atoms with Gasteiger partial charge in [-0.1, -0.05) is 117 Å². The fraction of sp³-hybridized carbons (Fsp3) is 0.250. The fourth-order valence-electron chi connectivity index (χ4n) is 5.44. The molecule has 5 aromatic carbocycles. The van der Waals surface area contributed by atoms with Crippen LogP contribution >= 0.6 is 0 Å². The van der Waals surface area contributed by atoms with Crippen molar-refractivity contribution in [1.82, 2.24) is 0 Å². The Morgan fingerprint density at radius 3 is 1.11 bits per heavy atom. The Morgan fingerprint density at radius 2 is 0.804 bits per heavy atom. The molecule has 0 aromatic heterocycles. The van der Waals surface area contributed by atoms with Crippen molar-refractivity contribution in [2.45, 2.75) is 51.9 Å². The van der Waals surface area contributed by atoms with Crippen molar-refractivity contribution in [3.8, 4) is 22.6 Å². The molecular formula is C40H42F4O2. The molecule has 0 heterocycles. The van der Waals surface area contributed by atoms with E-state index in [-0.39, 0.29) is 11.0 Å². The molecule has 0 atom stereocenters. The van der Waals surface area contributed by atoms with Crippen molar-refractivity contribution in [2.75, 3.05) is 14.2 Å². The normalized spacial score (nSPS) is 12.4. The van der Waals surface area contributed by atoms with Crippen LogP contribution in [0.5, 0.6) is 11.5 Å². The molecule has 5 aromatic rings. The summed E-state index contributed by atoms with van der Waals surface area (Å²) in [6.07, 6.45) is 0. The van der Waals surface area contributed by atoms with Crippen LogP contribution in [-0.2, 0) is 11.3 Å². The van der Waals surface area contributed by atoms with Gasteiger partial charge in [-0.3, -0.25) is 0 Å². The lowest BCUT2D eigenvalue weighted by molar-refractivity contribution is 0.0174. The summed E-state index contributed by atoms with van der Waals surface area (Å²) in [5.41, 5.74) is 7.31. The molecule has 0 radical (unpaired) electrons. The first-order valence-corrected chi connectivity index (χ1v) is 15.2. The van der Waals surface area contributed by atoms with Gasteiger partial charge >= 0.3 is 0 Å². The Labute approximate surface area is 270 Å². The summed E-state index contributed by atoms with van der Waals surface area (Å²) in [7, 11) is 3.41. The smallest absolute Gasteiger partial charge is 0.270 e. The van der Waals surface area contributed by atoms with E-state index in [1.165, 1.54) is 45.5 Å². The van der Waals surface area contributed by atoms with Gasteiger partial charge in [0.25, 0.3) is 5.92 Å². The van der Waals surface area contributed by atoms with E-state index in [2.05, 4.69) is 72.8 Å². The van der Waals surface area contributed by atoms with Gasteiger partial charge in [0, 0.05) is 12.5 Å². The molecule has 242 valence electrons. The van der Waals surface area contributed by atoms with E-state index in [1.54, 1.807) is 32.4 Å². The number of alkyl halides is 4. The predicted molar refractivity (Wildman–Crippen MR) is 181 cm³/mol. The lowest BCUT2D eigenvalue weighted by atomic mass is 9.68. The molecule has 0 amide bonds. The van der Waals surface area contributed by atoms with Crippen LogP contribution in [-0.4, -0.2) is 20.1 Å². The largest absolute Gasteiger partial charge is 0.497 e. The minimum atomic E-state index is -2.71. The van der Waals surface area contributed by atoms with Crippen molar-refractivity contribution < 1.29 is 27.0 Å². The maximum absolute atomic E-state index is 12.5. The third kappa shape index (κ3) is 8.36. The quantitative estimate of drug-likeness (QED) is 0.177. The van der Waals surface area contributed by atoms with Gasteiger partial charge in [0.1, 0.15) is 11.5 Å². The van der Waals surface area contributed by atoms with E-state index in [9.17, 15) is 17.6 Å². The van der Waals surface area contributed by atoms with Gasteiger partial charge in [-0.15, -0.1) is 0 Å². The Bertz CT molecular complexity index is 1540. The van der Waals surface area contributed by atoms with Crippen molar-refractivity contribution in [1.29, 1.82) is 0 Å². The minimum absolute atomic E-state index is 0.0648. The molecule has 0 bridgehead atoms. The van der Waals surface area contributed by atoms with E-state index in [1.807, 2.05) is 38.1 Å². The minimum Gasteiger partial charge on any atom is -0.497 e. The number of benzene rings is 5. The van der Waals surface area contributed by atoms with Crippen LogP contribution in [0, 0.1) is 0 Å². The molecule has 6 rings (SSSR count). The number of fused-ring (bicyclic) bond motifs is 3. The predicted octanol–water partition coefficient (Wildman–Crippen LogP) is 11.6. The van der Waals surface area contributed by atoms with Crippen molar-refractivity contribution in [3.63, 3.8) is 0 Å². The maximum atomic E-state index is 12.5. The number of hydrogen-bond acceptors (Lipinski definition) is 2. The standard InChI is InChI=1S/C27H22O2.C8H8F2.C3H6F2.C2H6/c1-28-21-15-11-19(12-16-21)27(20-13-17-22(29-2)18-14-20)25-9-5-3-7-23(25)24-8-4-6-10-26(24)27;1-8(9,10)7-5-3-2-4-6-7;1-3(2,4)5;1-2/h3-18H,1-2H3;2-6H,1H3;1-2H3;1-2H3. The molecule has 0 saturated carbocycles. The zero-order valence-corrected chi connectivity index (χ0v) is 27.5. The SMILES string of the molecule is CC.CC(C)(F)F.CC(F)(F)c1ccccc1.COc1ccc(C2(c3ccc(OC)cc3)c3ccccc3-c3ccccc32)cc1. The number of methoxy groups -OCH3 is 2. The van der Waals surface area contributed by atoms with Gasteiger partial charge in [0.2, 0.25) is 5.92 Å². The molecule has 0 unspecified atom stereocenters. The molecule has 0 fully saturated rings. The van der Waals surface area contributed by atoms with Crippen molar-refractivity contribution in [2.24, 2.45) is 0 Å². The number of halogens is 4. The lowest BCUT2D eigenvalue weighted by Gasteiger charge is -2.34. The zero-order chi connectivity index (χ0) is 34.0. The second-order valence-electron chi connectivity index (χ2n) is 10.9. The monoisotopic (exact) mass is 630 g/mol. The Hall–Kier alpha value is -4.58. The second kappa shape index (κ2) is 15.6. The molecule has 0 aliphatic heterocycles. The first-order valence-electron chi connectivity index (χ1n) is 15.2. The third-order valence-corrected chi connectivity index (χ3v) is 7.28. The molecule has 2 nitrogen and oxygen atoms in total. The number of ether oxygens (including phenoxy) is 2. The highest BCUT2D eigenvalue weighted by Gasteiger charge is 2.45. The van der Waals surface area contributed by atoms with Crippen molar-refractivity contribution in [3.05, 3.63) is 155 Å². The fourth-order valence-corrected chi connectivity index (χ4v) is 5.44. The number of rotatable bonds is 5. The molecule has 6 heteroatoms. The first-order chi connectivity index (χ1) is 21.9. The van der Waals surface area contributed by atoms with Crippen LogP contribution in [0.1, 0.15) is 62.4 Å². The third-order valence-electron chi connectivity index (χ3n) is 7.28. The number of hydrogen-bond donors (Lipinski definition) is 0. The van der Waals surface area contributed by atoms with Crippen LogP contribution in [0.25, 0.3) is 11.1 Å². The molecule has 0 N–H and O–H groups in total. The highest BCUT2D eigenvalue weighted by atomic mass is 19.3. The Balaban J connectivity index is 0.000000281. The summed E-state index contributed by atoms with van der Waals surface area (Å²) in [6, 6.07) is 42.1. The molecule has 0 spiro atoms. The highest BCUT2D eigenvalue weighted by molar-refractivity contribution is 5.86. The van der Waals surface area contributed by atoms with Crippen LogP contribution in [0.3, 0.4) is 0 Å². The highest BCUT2D eigenvalue weighted by Crippen LogP contribution is 2.56. The van der Waals surface area contributed by atoms with Gasteiger partial charge in [0.05, 0.1) is 19.6 Å². The lowest BCUT2D eigenvalue weighted by Crippen LogP contribution is -2.28. The van der Waals surface area contributed by atoms with Gasteiger partial charge in [0.15, 0.2) is 0 Å². The van der Waals surface area contributed by atoms with Crippen LogP contribution in [0.2, 0.25) is 0 Å². The molecule has 1 aliphatic rings. The molecule has 0 saturated heterocycles. The van der Waals surface area contributed by atoms with Gasteiger partial charge < -0.3 is 9.47 Å². The summed E-state index contributed by atoms with van der Waals surface area (Å²) in [5.74, 6) is -3.49. The zero-order valence-electron chi connectivity index (χ0n) is 27.5. The van der Waals surface area contributed by atoms with Crippen molar-refractivity contribution >= 4 is 0 Å². The summed E-state index contributed by atoms with van der Waals surface area (Å²) < 4.78 is 57.8. The van der Waals surface area contributed by atoms with E-state index in [0.717, 1.165) is 32.3 Å². The van der Waals surface area contributed by atoms with E-state index < -0.39 is 11.8 Å². The molecule has 46 heavy (non-hydrogen) atoms. The first kappa shape index (κ1) is 35.9. The Kier molecular flexibility index (Phi) is 12.2. The summed E-state index contributed by atoms with van der Waals surface area (Å²) in [5, 5.41) is 0. The summed E-state index contributed by atoms with van der Waals surface area (Å²) in [4.78, 5) is 0.